The second kappa shape index (κ2) is 7.51. The highest BCUT2D eigenvalue weighted by Crippen LogP contribution is 2.47. The summed E-state index contributed by atoms with van der Waals surface area (Å²) in [5, 5.41) is 34.1. The Kier molecular flexibility index (Phi) is 4.53. The van der Waals surface area contributed by atoms with Crippen molar-refractivity contribution >= 4 is 11.0 Å². The molecule has 7 nitrogen and oxygen atoms in total. The first-order valence-electron chi connectivity index (χ1n) is 9.75. The van der Waals surface area contributed by atoms with E-state index in [0.29, 0.717) is 16.9 Å². The van der Waals surface area contributed by atoms with Crippen LogP contribution >= 0.6 is 0 Å². The first kappa shape index (κ1) is 18.7. The lowest BCUT2D eigenvalue weighted by Crippen LogP contribution is -2.01. The van der Waals surface area contributed by atoms with Crippen molar-refractivity contribution in [2.45, 2.75) is 25.2 Å². The molecule has 2 heterocycles. The lowest BCUT2D eigenvalue weighted by Gasteiger charge is -2.15. The minimum Gasteiger partial charge on any atom is -0.454 e. The van der Waals surface area contributed by atoms with Crippen LogP contribution in [0.5, 0.6) is 11.5 Å². The lowest BCUT2D eigenvalue weighted by atomic mass is 10.0. The first-order valence-corrected chi connectivity index (χ1v) is 9.75. The molecule has 2 aromatic carbocycles. The predicted octanol–water partition coefficient (Wildman–Crippen LogP) is 4.50. The van der Waals surface area contributed by atoms with E-state index in [0.717, 1.165) is 23.8 Å². The van der Waals surface area contributed by atoms with Gasteiger partial charge in [0.2, 0.25) is 0 Å². The highest BCUT2D eigenvalue weighted by molar-refractivity contribution is 5.77. The van der Waals surface area contributed by atoms with Gasteiger partial charge in [-0.05, 0) is 48.6 Å². The molecule has 8 heteroatoms. The van der Waals surface area contributed by atoms with Gasteiger partial charge in [0.1, 0.15) is 5.75 Å². The van der Waals surface area contributed by atoms with E-state index in [9.17, 15) is 10.5 Å². The SMILES string of the molecule is N#Cc1cc(C#N)cc(Oc2c(C3CC3)ccc(Cc3n[nH]c4nnccc34)c2F)c1. The maximum atomic E-state index is 15.6. The molecular weight excluding hydrogens is 395 g/mol. The molecule has 150 valence electrons. The van der Waals surface area contributed by atoms with Crippen molar-refractivity contribution in [3.05, 3.63) is 76.4 Å². The van der Waals surface area contributed by atoms with Crippen LogP contribution in [-0.2, 0) is 6.42 Å². The second-order valence-electron chi connectivity index (χ2n) is 7.44. The molecule has 1 aliphatic rings. The van der Waals surface area contributed by atoms with E-state index in [-0.39, 0.29) is 35.0 Å². The van der Waals surface area contributed by atoms with Crippen molar-refractivity contribution in [3.8, 4) is 23.6 Å². The zero-order valence-electron chi connectivity index (χ0n) is 16.3. The summed E-state index contributed by atoms with van der Waals surface area (Å²) in [6.07, 6.45) is 3.76. The largest absolute Gasteiger partial charge is 0.454 e. The second-order valence-corrected chi connectivity index (χ2v) is 7.44. The Balaban J connectivity index is 1.55. The van der Waals surface area contributed by atoms with Gasteiger partial charge in [-0.2, -0.15) is 20.7 Å². The number of fused-ring (bicyclic) bond motifs is 1. The van der Waals surface area contributed by atoms with Crippen LogP contribution in [0.15, 0.2) is 42.6 Å². The zero-order valence-corrected chi connectivity index (χ0v) is 16.3. The minimum atomic E-state index is -0.469. The summed E-state index contributed by atoms with van der Waals surface area (Å²) in [6, 6.07) is 13.9. The maximum absolute atomic E-state index is 15.6. The van der Waals surface area contributed by atoms with Crippen LogP contribution < -0.4 is 4.74 Å². The van der Waals surface area contributed by atoms with Crippen LogP contribution in [0.4, 0.5) is 4.39 Å². The number of halogens is 1. The fourth-order valence-electron chi connectivity index (χ4n) is 3.62. The molecule has 1 saturated carbocycles. The van der Waals surface area contributed by atoms with Gasteiger partial charge >= 0.3 is 0 Å². The number of nitrogens with one attached hydrogen (secondary N) is 1. The molecule has 0 spiro atoms. The van der Waals surface area contributed by atoms with E-state index in [1.807, 2.05) is 18.2 Å². The molecule has 1 aliphatic carbocycles. The summed E-state index contributed by atoms with van der Waals surface area (Å²) in [7, 11) is 0. The van der Waals surface area contributed by atoms with Gasteiger partial charge in [-0.3, -0.25) is 5.10 Å². The topological polar surface area (TPSA) is 111 Å². The fraction of sp³-hybridized carbons (Fsp3) is 0.174. The number of rotatable bonds is 5. The standard InChI is InChI=1S/C23H15FN6O/c24-21-16(10-20-19-5-6-27-29-23(19)30-28-20)3-4-18(15-1-2-15)22(21)31-17-8-13(11-25)7-14(9-17)12-26/h3-9,15H,1-2,10H2,(H,28,29,30). The third kappa shape index (κ3) is 3.56. The van der Waals surface area contributed by atoms with Gasteiger partial charge in [-0.15, -0.1) is 5.10 Å². The van der Waals surface area contributed by atoms with Crippen LogP contribution in [0.1, 0.15) is 46.7 Å². The Labute approximate surface area is 176 Å². The van der Waals surface area contributed by atoms with Gasteiger partial charge in [0.25, 0.3) is 0 Å². The van der Waals surface area contributed by atoms with Gasteiger partial charge in [0.15, 0.2) is 17.2 Å². The summed E-state index contributed by atoms with van der Waals surface area (Å²) in [5.41, 5.74) is 2.99. The normalized spacial score (nSPS) is 13.0. The summed E-state index contributed by atoms with van der Waals surface area (Å²) < 4.78 is 21.6. The van der Waals surface area contributed by atoms with Crippen LogP contribution in [0, 0.1) is 28.5 Å². The Hall–Kier alpha value is -4.30. The number of benzene rings is 2. The fourth-order valence-corrected chi connectivity index (χ4v) is 3.62. The Bertz CT molecular complexity index is 1360. The molecule has 0 radical (unpaired) electrons. The summed E-state index contributed by atoms with van der Waals surface area (Å²) >= 11 is 0. The van der Waals surface area contributed by atoms with Gasteiger partial charge in [0.05, 0.1) is 35.2 Å². The molecule has 0 amide bonds. The third-order valence-corrected chi connectivity index (χ3v) is 5.30. The van der Waals surface area contributed by atoms with E-state index in [2.05, 4.69) is 20.4 Å². The van der Waals surface area contributed by atoms with Crippen molar-refractivity contribution in [2.75, 3.05) is 0 Å². The molecule has 5 rings (SSSR count). The van der Waals surface area contributed by atoms with E-state index < -0.39 is 5.82 Å². The van der Waals surface area contributed by atoms with Crippen molar-refractivity contribution < 1.29 is 9.13 Å². The third-order valence-electron chi connectivity index (χ3n) is 5.30. The molecule has 31 heavy (non-hydrogen) atoms. The number of aromatic nitrogens is 4. The van der Waals surface area contributed by atoms with Crippen LogP contribution in [0.3, 0.4) is 0 Å². The minimum absolute atomic E-state index is 0.138. The monoisotopic (exact) mass is 410 g/mol. The molecule has 1 fully saturated rings. The van der Waals surface area contributed by atoms with Crippen molar-refractivity contribution in [2.24, 2.45) is 0 Å². The molecule has 4 aromatic rings. The number of nitriles is 2. The van der Waals surface area contributed by atoms with E-state index in [1.54, 1.807) is 18.3 Å². The van der Waals surface area contributed by atoms with Crippen LogP contribution in [0.2, 0.25) is 0 Å². The molecule has 0 saturated heterocycles. The zero-order chi connectivity index (χ0) is 21.4. The molecule has 0 aliphatic heterocycles. The Morgan fingerprint density at radius 1 is 1.10 bits per heavy atom. The van der Waals surface area contributed by atoms with E-state index in [1.165, 1.54) is 18.2 Å². The Morgan fingerprint density at radius 3 is 2.58 bits per heavy atom. The van der Waals surface area contributed by atoms with Gasteiger partial charge in [-0.1, -0.05) is 12.1 Å². The number of aromatic amines is 1. The smallest absolute Gasteiger partial charge is 0.178 e. The molecule has 0 atom stereocenters. The quantitative estimate of drug-likeness (QED) is 0.519. The summed E-state index contributed by atoms with van der Waals surface area (Å²) in [4.78, 5) is 0. The summed E-state index contributed by atoms with van der Waals surface area (Å²) in [6.45, 7) is 0. The number of hydrogen-bond donors (Lipinski definition) is 1. The average molecular weight is 410 g/mol. The maximum Gasteiger partial charge on any atom is 0.178 e. The van der Waals surface area contributed by atoms with Crippen molar-refractivity contribution in [3.63, 3.8) is 0 Å². The highest BCUT2D eigenvalue weighted by Gasteiger charge is 2.30. The number of nitrogens with zero attached hydrogens (tertiary/aromatic N) is 5. The molecule has 0 unspecified atom stereocenters. The lowest BCUT2D eigenvalue weighted by molar-refractivity contribution is 0.433. The predicted molar refractivity (Wildman–Crippen MR) is 109 cm³/mol. The number of H-pyrrole nitrogens is 1. The average Bonchev–Trinajstić information content (AvgIpc) is 3.57. The van der Waals surface area contributed by atoms with Crippen molar-refractivity contribution in [1.82, 2.24) is 20.4 Å². The first-order chi connectivity index (χ1) is 15.2. The highest BCUT2D eigenvalue weighted by atomic mass is 19.1. The summed E-state index contributed by atoms with van der Waals surface area (Å²) in [5.74, 6) is 0.172. The Morgan fingerprint density at radius 2 is 1.87 bits per heavy atom. The van der Waals surface area contributed by atoms with Crippen LogP contribution in [0.25, 0.3) is 11.0 Å². The molecule has 1 N–H and O–H groups in total. The van der Waals surface area contributed by atoms with E-state index >= 15 is 4.39 Å². The van der Waals surface area contributed by atoms with Gasteiger partial charge in [0, 0.05) is 17.4 Å². The molecule has 2 aromatic heterocycles. The number of ether oxygens (including phenoxy) is 1. The molecular formula is C23H15FN6O. The van der Waals surface area contributed by atoms with Gasteiger partial charge < -0.3 is 4.74 Å². The van der Waals surface area contributed by atoms with Crippen LogP contribution in [-0.4, -0.2) is 20.4 Å². The van der Waals surface area contributed by atoms with Crippen molar-refractivity contribution in [1.29, 1.82) is 10.5 Å². The molecule has 0 bridgehead atoms. The number of hydrogen-bond acceptors (Lipinski definition) is 6. The van der Waals surface area contributed by atoms with E-state index in [4.69, 9.17) is 4.74 Å². The van der Waals surface area contributed by atoms with Gasteiger partial charge in [-0.25, -0.2) is 4.39 Å².